The molecule has 2 rings (SSSR count). The molecule has 0 aliphatic heterocycles. The number of hydrogen-bond acceptors (Lipinski definition) is 4. The summed E-state index contributed by atoms with van der Waals surface area (Å²) < 4.78 is 26.7. The molecule has 0 bridgehead atoms. The Morgan fingerprint density at radius 3 is 2.72 bits per heavy atom. The van der Waals surface area contributed by atoms with Crippen LogP contribution in [0, 0.1) is 0 Å². The van der Waals surface area contributed by atoms with Crippen molar-refractivity contribution in [1.82, 2.24) is 9.71 Å². The Labute approximate surface area is 115 Å². The van der Waals surface area contributed by atoms with Gasteiger partial charge in [0.1, 0.15) is 10.0 Å². The average Bonchev–Trinajstić information content (AvgIpc) is 2.82. The summed E-state index contributed by atoms with van der Waals surface area (Å²) >= 11 is 7.15. The van der Waals surface area contributed by atoms with Gasteiger partial charge < -0.3 is 0 Å². The summed E-state index contributed by atoms with van der Waals surface area (Å²) in [6.45, 7) is 1.79. The van der Waals surface area contributed by atoms with Gasteiger partial charge in [-0.05, 0) is 41.4 Å². The molecule has 2 aromatic rings. The molecule has 0 aliphatic carbocycles. The van der Waals surface area contributed by atoms with Gasteiger partial charge in [0.2, 0.25) is 10.0 Å². The third-order valence-electron chi connectivity index (χ3n) is 2.39. The first-order chi connectivity index (χ1) is 8.49. The lowest BCUT2D eigenvalue weighted by Gasteiger charge is -2.12. The fourth-order valence-corrected chi connectivity index (χ4v) is 3.45. The highest BCUT2D eigenvalue weighted by atomic mass is 35.5. The maximum Gasteiger partial charge on any atom is 0.242 e. The van der Waals surface area contributed by atoms with E-state index in [1.54, 1.807) is 6.92 Å². The van der Waals surface area contributed by atoms with Gasteiger partial charge in [0, 0.05) is 12.2 Å². The minimum absolute atomic E-state index is 0.106. The Balaban J connectivity index is 2.20. The van der Waals surface area contributed by atoms with Crippen molar-refractivity contribution in [3.05, 3.63) is 45.9 Å². The second kappa shape index (κ2) is 5.36. The van der Waals surface area contributed by atoms with Crippen LogP contribution in [0.3, 0.4) is 0 Å². The van der Waals surface area contributed by atoms with Gasteiger partial charge in [0.25, 0.3) is 0 Å². The van der Waals surface area contributed by atoms with Crippen LogP contribution < -0.4 is 4.72 Å². The van der Waals surface area contributed by atoms with Crippen molar-refractivity contribution in [1.29, 1.82) is 0 Å². The summed E-state index contributed by atoms with van der Waals surface area (Å²) in [5.41, 5.74) is 0.936. The van der Waals surface area contributed by atoms with Crippen molar-refractivity contribution in [2.24, 2.45) is 0 Å². The molecule has 7 heteroatoms. The Hall–Kier alpha value is -0.950. The molecule has 4 nitrogen and oxygen atoms in total. The number of thiophene rings is 1. The first kappa shape index (κ1) is 13.5. The zero-order valence-electron chi connectivity index (χ0n) is 9.50. The number of aromatic nitrogens is 1. The molecule has 0 aliphatic rings. The molecule has 0 aromatic carbocycles. The fraction of sp³-hybridized carbons (Fsp3) is 0.182. The van der Waals surface area contributed by atoms with Gasteiger partial charge in [0.05, 0.1) is 0 Å². The topological polar surface area (TPSA) is 59.1 Å². The number of halogens is 1. The second-order valence-corrected chi connectivity index (χ2v) is 6.60. The highest BCUT2D eigenvalue weighted by Gasteiger charge is 2.18. The molecular weight excluding hydrogens is 292 g/mol. The van der Waals surface area contributed by atoms with E-state index in [4.69, 9.17) is 11.6 Å². The molecule has 1 unspecified atom stereocenters. The minimum atomic E-state index is -3.57. The van der Waals surface area contributed by atoms with Crippen LogP contribution in [0.5, 0.6) is 0 Å². The zero-order chi connectivity index (χ0) is 13.2. The molecule has 0 spiro atoms. The Morgan fingerprint density at radius 1 is 1.39 bits per heavy atom. The predicted octanol–water partition coefficient (Wildman–Crippen LogP) is 2.84. The SMILES string of the molecule is CC(NS(=O)(=O)c1ccc(Cl)nc1)c1ccsc1. The maximum atomic E-state index is 12.1. The first-order valence-electron chi connectivity index (χ1n) is 5.15. The molecule has 2 aromatic heterocycles. The van der Waals surface area contributed by atoms with Gasteiger partial charge in [-0.3, -0.25) is 0 Å². The van der Waals surface area contributed by atoms with Crippen molar-refractivity contribution < 1.29 is 8.42 Å². The molecule has 18 heavy (non-hydrogen) atoms. The maximum absolute atomic E-state index is 12.1. The van der Waals surface area contributed by atoms with E-state index in [0.29, 0.717) is 0 Å². The van der Waals surface area contributed by atoms with E-state index in [1.165, 1.54) is 29.7 Å². The molecule has 0 saturated heterocycles. The van der Waals surface area contributed by atoms with E-state index < -0.39 is 10.0 Å². The van der Waals surface area contributed by atoms with Gasteiger partial charge in [-0.1, -0.05) is 11.6 Å². The van der Waals surface area contributed by atoms with Crippen LogP contribution >= 0.6 is 22.9 Å². The van der Waals surface area contributed by atoms with Gasteiger partial charge in [-0.2, -0.15) is 11.3 Å². The zero-order valence-corrected chi connectivity index (χ0v) is 11.9. The van der Waals surface area contributed by atoms with Gasteiger partial charge >= 0.3 is 0 Å². The van der Waals surface area contributed by atoms with Crippen molar-refractivity contribution >= 4 is 33.0 Å². The van der Waals surface area contributed by atoms with Crippen molar-refractivity contribution in [2.45, 2.75) is 17.9 Å². The molecule has 2 heterocycles. The Kier molecular flexibility index (Phi) is 4.01. The van der Waals surface area contributed by atoms with E-state index in [-0.39, 0.29) is 16.1 Å². The van der Waals surface area contributed by atoms with Crippen molar-refractivity contribution in [3.8, 4) is 0 Å². The molecule has 0 saturated carbocycles. The molecule has 0 radical (unpaired) electrons. The van der Waals surface area contributed by atoms with Gasteiger partial charge in [0.15, 0.2) is 0 Å². The normalized spacial score (nSPS) is 13.4. The molecule has 1 atom stereocenters. The van der Waals surface area contributed by atoms with Crippen LogP contribution in [0.2, 0.25) is 5.15 Å². The lowest BCUT2D eigenvalue weighted by molar-refractivity contribution is 0.567. The number of nitrogens with zero attached hydrogens (tertiary/aromatic N) is 1. The van der Waals surface area contributed by atoms with Crippen molar-refractivity contribution in [3.63, 3.8) is 0 Å². The van der Waals surface area contributed by atoms with E-state index in [9.17, 15) is 8.42 Å². The molecule has 96 valence electrons. The number of pyridine rings is 1. The fourth-order valence-electron chi connectivity index (χ4n) is 1.41. The average molecular weight is 303 g/mol. The van der Waals surface area contributed by atoms with Crippen LogP contribution in [0.25, 0.3) is 0 Å². The monoisotopic (exact) mass is 302 g/mol. The number of rotatable bonds is 4. The van der Waals surface area contributed by atoms with E-state index in [0.717, 1.165) is 5.56 Å². The largest absolute Gasteiger partial charge is 0.243 e. The van der Waals surface area contributed by atoms with Crippen LogP contribution in [-0.4, -0.2) is 13.4 Å². The summed E-state index contributed by atoms with van der Waals surface area (Å²) in [6, 6.07) is 4.48. The Morgan fingerprint density at radius 2 is 2.17 bits per heavy atom. The summed E-state index contributed by atoms with van der Waals surface area (Å²) in [4.78, 5) is 3.87. The van der Waals surface area contributed by atoms with E-state index >= 15 is 0 Å². The number of sulfonamides is 1. The summed E-state index contributed by atoms with van der Waals surface area (Å²) in [5, 5.41) is 4.08. The van der Waals surface area contributed by atoms with Crippen LogP contribution in [-0.2, 0) is 10.0 Å². The highest BCUT2D eigenvalue weighted by molar-refractivity contribution is 7.89. The molecule has 0 fully saturated rings. The Bertz CT molecular complexity index is 609. The van der Waals surface area contributed by atoms with E-state index in [2.05, 4.69) is 9.71 Å². The summed E-state index contributed by atoms with van der Waals surface area (Å²) in [7, 11) is -3.57. The summed E-state index contributed by atoms with van der Waals surface area (Å²) in [5.74, 6) is 0. The first-order valence-corrected chi connectivity index (χ1v) is 7.95. The van der Waals surface area contributed by atoms with Crippen molar-refractivity contribution in [2.75, 3.05) is 0 Å². The lowest BCUT2D eigenvalue weighted by atomic mass is 10.2. The summed E-state index contributed by atoms with van der Waals surface area (Å²) in [6.07, 6.45) is 1.24. The van der Waals surface area contributed by atoms with Crippen LogP contribution in [0.1, 0.15) is 18.5 Å². The van der Waals surface area contributed by atoms with Crippen LogP contribution in [0.4, 0.5) is 0 Å². The van der Waals surface area contributed by atoms with Crippen LogP contribution in [0.15, 0.2) is 40.1 Å². The number of nitrogens with one attached hydrogen (secondary N) is 1. The van der Waals surface area contributed by atoms with Gasteiger partial charge in [-0.15, -0.1) is 0 Å². The molecular formula is C11H11ClN2O2S2. The highest BCUT2D eigenvalue weighted by Crippen LogP contribution is 2.19. The molecule has 1 N–H and O–H groups in total. The third kappa shape index (κ3) is 3.08. The molecule has 0 amide bonds. The minimum Gasteiger partial charge on any atom is -0.243 e. The second-order valence-electron chi connectivity index (χ2n) is 3.72. The predicted molar refractivity (Wildman–Crippen MR) is 72.3 cm³/mol. The van der Waals surface area contributed by atoms with Gasteiger partial charge in [-0.25, -0.2) is 18.1 Å². The third-order valence-corrected chi connectivity index (χ3v) is 4.84. The smallest absolute Gasteiger partial charge is 0.242 e. The quantitative estimate of drug-likeness (QED) is 0.884. The standard InChI is InChI=1S/C11H11ClN2O2S2/c1-8(9-4-5-17-7-9)14-18(15,16)10-2-3-11(12)13-6-10/h2-8,14H,1H3. The number of hydrogen-bond donors (Lipinski definition) is 1. The lowest BCUT2D eigenvalue weighted by Crippen LogP contribution is -2.26. The van der Waals surface area contributed by atoms with E-state index in [1.807, 2.05) is 16.8 Å².